The molecule has 9 N–H and O–H groups in total. The number of aliphatic hydroxyl groups is 6. The van der Waals surface area contributed by atoms with Crippen LogP contribution in [0.5, 0.6) is 0 Å². The summed E-state index contributed by atoms with van der Waals surface area (Å²) < 4.78 is 0. The SMILES string of the molecule is C[C@H]1[C@H](C)CC[C@]2(C(=O)O)CC[C@]3(C)C(=CC[C@@H]4[C@@]5(C)CC[C@H](O)C(C)(C)C5CC[C@]43C)[C@H]12.C[C@H]1[C@H](C)CC[C@]2(C(=O)[O-])CC[C@]3(C)C(=CC[C@@H]4[C@@]5(C)CC[C@H](O)C(C)(C)C5CC[C@]43C)[C@H]12.OCCCCCO.OCC[NH2+]CCO. The molecule has 0 bridgehead atoms. The van der Waals surface area contributed by atoms with E-state index < -0.39 is 22.8 Å². The summed E-state index contributed by atoms with van der Waals surface area (Å²) in [5, 5.41) is 79.6. The monoisotopic (exact) mass is 1120 g/mol. The molecule has 2 unspecified atom stereocenters. The molecule has 0 aromatic carbocycles. The number of carboxylic acids is 2. The van der Waals surface area contributed by atoms with E-state index in [1.807, 2.05) is 5.32 Å². The van der Waals surface area contributed by atoms with Crippen LogP contribution in [-0.4, -0.2) is 99.4 Å². The Bertz CT molecular complexity index is 2070. The van der Waals surface area contributed by atoms with Crippen molar-refractivity contribution in [3.63, 3.8) is 0 Å². The maximum absolute atomic E-state index is 12.8. The summed E-state index contributed by atoms with van der Waals surface area (Å²) in [7, 11) is 0. The minimum Gasteiger partial charge on any atom is -0.550 e. The zero-order valence-corrected chi connectivity index (χ0v) is 53.1. The number of hydrogen-bond donors (Lipinski definition) is 8. The second kappa shape index (κ2) is 24.1. The van der Waals surface area contributed by atoms with Crippen molar-refractivity contribution < 1.29 is 55.8 Å². The molecular formula is C69H119NO10. The van der Waals surface area contributed by atoms with Gasteiger partial charge < -0.3 is 51.0 Å². The van der Waals surface area contributed by atoms with Crippen LogP contribution in [0, 0.1) is 113 Å². The van der Waals surface area contributed by atoms with Crippen molar-refractivity contribution in [3.05, 3.63) is 23.3 Å². The number of aliphatic hydroxyl groups excluding tert-OH is 6. The Labute approximate surface area is 485 Å². The number of carbonyl (C=O) groups is 2. The predicted molar refractivity (Wildman–Crippen MR) is 316 cm³/mol. The van der Waals surface area contributed by atoms with Crippen molar-refractivity contribution in [3.8, 4) is 0 Å². The van der Waals surface area contributed by atoms with Gasteiger partial charge >= 0.3 is 5.97 Å². The first-order chi connectivity index (χ1) is 37.3. The molecule has 0 aromatic rings. The fourth-order valence-electron chi connectivity index (χ4n) is 22.4. The molecule has 0 aliphatic heterocycles. The predicted octanol–water partition coefficient (Wildman–Crippen LogP) is 10.5. The van der Waals surface area contributed by atoms with Gasteiger partial charge in [-0.25, -0.2) is 0 Å². The lowest BCUT2D eigenvalue weighted by molar-refractivity contribution is -0.657. The number of rotatable bonds is 10. The van der Waals surface area contributed by atoms with Crippen LogP contribution in [0.25, 0.3) is 0 Å². The van der Waals surface area contributed by atoms with E-state index in [1.165, 1.54) is 36.8 Å². The standard InChI is InChI=1S/2C30H48O3.C5H12O2.C4H11NO2/c2*1-18-10-15-30(25(32)33)17-16-28(6)20(24(30)19(18)2)8-9-22-27(5)13-12-23(31)26(3,4)21(27)11-14-29(22,28)7;6-4-2-1-3-5-7;6-3-1-5-2-4-7/h2*8,18-19,21-24,31H,9-17H2,1-7H3,(H,32,33);6-7H,1-5H2;5-7H,1-4H2/t2*18-,19+,21?,22-,23+,24+,27+,28-,29-,30+;;/m11../s1. The first-order valence-electron chi connectivity index (χ1n) is 32.8. The molecule has 0 saturated heterocycles. The van der Waals surface area contributed by atoms with E-state index >= 15 is 0 Å². The quantitative estimate of drug-likeness (QED) is 0.0765. The largest absolute Gasteiger partial charge is 0.550 e. The van der Waals surface area contributed by atoms with E-state index in [0.717, 1.165) is 109 Å². The number of hydrogen-bond acceptors (Lipinski definition) is 9. The second-order valence-electron chi connectivity index (χ2n) is 31.8. The first-order valence-corrected chi connectivity index (χ1v) is 32.8. The average molecular weight is 1120 g/mol. The van der Waals surface area contributed by atoms with Crippen LogP contribution in [0.3, 0.4) is 0 Å². The van der Waals surface area contributed by atoms with Gasteiger partial charge in [-0.15, -0.1) is 0 Å². The van der Waals surface area contributed by atoms with Gasteiger partial charge in [-0.3, -0.25) is 4.79 Å². The van der Waals surface area contributed by atoms with Crippen LogP contribution in [0.2, 0.25) is 0 Å². The third kappa shape index (κ3) is 10.3. The van der Waals surface area contributed by atoms with Gasteiger partial charge in [-0.05, 0) is 237 Å². The van der Waals surface area contributed by atoms with Gasteiger partial charge in [0.2, 0.25) is 0 Å². The number of fused-ring (bicyclic) bond motifs is 14. The van der Waals surface area contributed by atoms with Crippen molar-refractivity contribution in [1.29, 1.82) is 0 Å². The normalized spacial score (nSPS) is 47.3. The molecule has 0 radical (unpaired) electrons. The Kier molecular flexibility index (Phi) is 19.8. The number of carboxylic acid groups (broad SMARTS) is 2. The molecule has 8 fully saturated rings. The van der Waals surface area contributed by atoms with Crippen LogP contribution < -0.4 is 10.4 Å². The summed E-state index contributed by atoms with van der Waals surface area (Å²) in [4.78, 5) is 25.5. The van der Waals surface area contributed by atoms with Crippen LogP contribution in [0.15, 0.2) is 23.3 Å². The topological polar surface area (TPSA) is 215 Å². The smallest absolute Gasteiger partial charge is 0.310 e. The molecule has 11 nitrogen and oxygen atoms in total. The maximum Gasteiger partial charge on any atom is 0.310 e. The molecule has 10 aliphatic rings. The minimum atomic E-state index is -0.792. The third-order valence-electron chi connectivity index (χ3n) is 28.3. The van der Waals surface area contributed by atoms with Crippen molar-refractivity contribution in [1.82, 2.24) is 0 Å². The summed E-state index contributed by atoms with van der Waals surface area (Å²) in [5.41, 5.74) is 2.70. The highest BCUT2D eigenvalue weighted by Crippen LogP contribution is 2.78. The van der Waals surface area contributed by atoms with Crippen LogP contribution in [0.1, 0.15) is 232 Å². The molecule has 10 aliphatic carbocycles. The molecule has 0 amide bonds. The molecule has 10 rings (SSSR count). The zero-order valence-electron chi connectivity index (χ0n) is 53.1. The molecule has 80 heavy (non-hydrogen) atoms. The Morgan fingerprint density at radius 1 is 0.500 bits per heavy atom. The molecule has 0 aromatic heterocycles. The average Bonchev–Trinajstić information content (AvgIpc) is 3.54. The van der Waals surface area contributed by atoms with Crippen molar-refractivity contribution >= 4 is 11.9 Å². The van der Waals surface area contributed by atoms with Crippen LogP contribution in [0.4, 0.5) is 0 Å². The molecule has 0 spiro atoms. The van der Waals surface area contributed by atoms with Crippen molar-refractivity contribution in [2.24, 2.45) is 113 Å². The molecule has 460 valence electrons. The number of carbonyl (C=O) groups excluding carboxylic acids is 1. The first kappa shape index (κ1) is 65.7. The molecule has 8 saturated carbocycles. The number of aliphatic carboxylic acids is 2. The number of quaternary nitrogens is 1. The Balaban J connectivity index is 0.000000187. The van der Waals surface area contributed by atoms with Crippen LogP contribution >= 0.6 is 0 Å². The van der Waals surface area contributed by atoms with E-state index in [9.17, 15) is 30.0 Å². The lowest BCUT2D eigenvalue weighted by Gasteiger charge is -2.71. The highest BCUT2D eigenvalue weighted by molar-refractivity contribution is 5.77. The van der Waals surface area contributed by atoms with E-state index in [4.69, 9.17) is 20.4 Å². The summed E-state index contributed by atoms with van der Waals surface area (Å²) >= 11 is 0. The van der Waals surface area contributed by atoms with Crippen molar-refractivity contribution in [2.75, 3.05) is 39.5 Å². The van der Waals surface area contributed by atoms with Gasteiger partial charge in [0, 0.05) is 24.6 Å². The summed E-state index contributed by atoms with van der Waals surface area (Å²) in [5.74, 6) is 3.24. The van der Waals surface area contributed by atoms with Gasteiger partial charge in [0.05, 0.1) is 43.9 Å². The lowest BCUT2D eigenvalue weighted by atomic mass is 9.33. The maximum atomic E-state index is 12.8. The Hall–Kier alpha value is -1.86. The Morgan fingerprint density at radius 3 is 1.26 bits per heavy atom. The molecule has 11 heteroatoms. The highest BCUT2D eigenvalue weighted by Gasteiger charge is 2.71. The highest BCUT2D eigenvalue weighted by atomic mass is 16.4. The fourth-order valence-corrected chi connectivity index (χ4v) is 22.4. The molecule has 0 heterocycles. The molecule has 20 atom stereocenters. The second-order valence-corrected chi connectivity index (χ2v) is 31.8. The third-order valence-corrected chi connectivity index (χ3v) is 28.3. The molecular weight excluding hydrogens is 1000 g/mol. The number of unbranched alkanes of at least 4 members (excludes halogenated alkanes) is 2. The lowest BCUT2D eigenvalue weighted by Crippen LogP contribution is -2.85. The van der Waals surface area contributed by atoms with Gasteiger partial charge in [-0.1, -0.05) is 120 Å². The number of allylic oxidation sites excluding steroid dienone is 4. The number of nitrogens with two attached hydrogens (primary N) is 1. The summed E-state index contributed by atoms with van der Waals surface area (Å²) in [6, 6.07) is 0. The zero-order chi connectivity index (χ0) is 59.5. The Morgan fingerprint density at radius 2 is 0.887 bits per heavy atom. The van der Waals surface area contributed by atoms with Gasteiger partial charge in [-0.2, -0.15) is 0 Å². The summed E-state index contributed by atoms with van der Waals surface area (Å²) in [6.45, 7) is 36.1. The summed E-state index contributed by atoms with van der Waals surface area (Å²) in [6.07, 6.45) is 25.6. The van der Waals surface area contributed by atoms with Gasteiger partial charge in [0.1, 0.15) is 0 Å². The minimum absolute atomic E-state index is 0.0302. The van der Waals surface area contributed by atoms with Gasteiger partial charge in [0.25, 0.3) is 0 Å². The van der Waals surface area contributed by atoms with Gasteiger partial charge in [0.15, 0.2) is 0 Å². The van der Waals surface area contributed by atoms with E-state index in [0.29, 0.717) is 60.4 Å². The van der Waals surface area contributed by atoms with E-state index in [-0.39, 0.29) is 93.8 Å². The fraction of sp³-hybridized carbons (Fsp3) is 0.913. The van der Waals surface area contributed by atoms with E-state index in [2.05, 4.69) is 109 Å². The van der Waals surface area contributed by atoms with E-state index in [1.54, 1.807) is 0 Å². The van der Waals surface area contributed by atoms with Crippen molar-refractivity contribution in [2.45, 2.75) is 244 Å². The van der Waals surface area contributed by atoms with Crippen LogP contribution in [-0.2, 0) is 9.59 Å².